The molecular weight excluding hydrogens is 371 g/mol. The number of benzene rings is 2. The fourth-order valence-electron chi connectivity index (χ4n) is 2.28. The molecule has 0 saturated carbocycles. The minimum atomic E-state index is -4.61. The van der Waals surface area contributed by atoms with E-state index in [-0.39, 0.29) is 23.4 Å². The lowest BCUT2D eigenvalue weighted by atomic mass is 10.2. The Bertz CT molecular complexity index is 881. The highest BCUT2D eigenvalue weighted by Crippen LogP contribution is 2.36. The lowest BCUT2D eigenvalue weighted by Crippen LogP contribution is -2.27. The van der Waals surface area contributed by atoms with Gasteiger partial charge in [-0.3, -0.25) is 4.31 Å². The summed E-state index contributed by atoms with van der Waals surface area (Å²) in [5.41, 5.74) is -0.602. The van der Waals surface area contributed by atoms with Gasteiger partial charge in [0.25, 0.3) is 10.0 Å². The molecule has 0 spiro atoms. The summed E-state index contributed by atoms with van der Waals surface area (Å²) in [7, 11) is -2.78. The van der Waals surface area contributed by atoms with Crippen molar-refractivity contribution in [2.24, 2.45) is 0 Å². The molecule has 1 aliphatic heterocycles. The van der Waals surface area contributed by atoms with E-state index in [2.05, 4.69) is 0 Å². The van der Waals surface area contributed by atoms with Crippen LogP contribution < -0.4 is 9.04 Å². The van der Waals surface area contributed by atoms with E-state index in [0.717, 1.165) is 16.4 Å². The van der Waals surface area contributed by atoms with Crippen LogP contribution in [0.4, 0.5) is 18.9 Å². The van der Waals surface area contributed by atoms with Crippen LogP contribution in [0, 0.1) is 0 Å². The zero-order valence-corrected chi connectivity index (χ0v) is 14.5. The Labute approximate surface area is 149 Å². The predicted molar refractivity (Wildman–Crippen MR) is 88.7 cm³/mol. The van der Waals surface area contributed by atoms with Crippen LogP contribution >= 0.6 is 0 Å². The van der Waals surface area contributed by atoms with Crippen LogP contribution in [-0.4, -0.2) is 34.8 Å². The zero-order chi connectivity index (χ0) is 18.9. The number of ether oxygens (including phenoxy) is 2. The molecule has 0 N–H and O–H groups in total. The number of nitrogens with zero attached hydrogens (tertiary/aromatic N) is 1. The maximum atomic E-state index is 13.0. The Morgan fingerprint density at radius 3 is 2.42 bits per heavy atom. The first kappa shape index (κ1) is 18.5. The Balaban J connectivity index is 2.01. The highest BCUT2D eigenvalue weighted by Gasteiger charge is 2.34. The molecule has 0 aromatic heterocycles. The summed E-state index contributed by atoms with van der Waals surface area (Å²) < 4.78 is 76.1. The van der Waals surface area contributed by atoms with Crippen molar-refractivity contribution in [3.05, 3.63) is 54.1 Å². The maximum absolute atomic E-state index is 13.0. The summed E-state index contributed by atoms with van der Waals surface area (Å²) in [4.78, 5) is -0.336. The third kappa shape index (κ3) is 3.94. The molecule has 1 unspecified atom stereocenters. The Kier molecular flexibility index (Phi) is 4.85. The molecule has 26 heavy (non-hydrogen) atoms. The summed E-state index contributed by atoms with van der Waals surface area (Å²) in [6, 6.07) is 10.6. The second kappa shape index (κ2) is 6.81. The second-order valence-corrected chi connectivity index (χ2v) is 7.67. The number of hydrogen-bond acceptors (Lipinski definition) is 4. The quantitative estimate of drug-likeness (QED) is 0.714. The molecular formula is C17H16F3NO4S. The summed E-state index contributed by atoms with van der Waals surface area (Å²) in [5.74, 6) is -0.349. The van der Waals surface area contributed by atoms with Crippen LogP contribution in [0.3, 0.4) is 0 Å². The molecule has 2 aromatic rings. The van der Waals surface area contributed by atoms with E-state index < -0.39 is 21.8 Å². The number of para-hydroxylation sites is 1. The summed E-state index contributed by atoms with van der Waals surface area (Å²) in [5, 5.41) is 0. The van der Waals surface area contributed by atoms with Crippen molar-refractivity contribution < 1.29 is 31.1 Å². The molecule has 0 bridgehead atoms. The number of rotatable bonds is 6. The van der Waals surface area contributed by atoms with Gasteiger partial charge < -0.3 is 9.47 Å². The number of sulfonamides is 1. The number of halogens is 3. The van der Waals surface area contributed by atoms with Gasteiger partial charge in [0.15, 0.2) is 0 Å². The highest BCUT2D eigenvalue weighted by atomic mass is 32.2. The van der Waals surface area contributed by atoms with E-state index in [4.69, 9.17) is 9.47 Å². The molecule has 1 heterocycles. The maximum Gasteiger partial charge on any atom is 0.416 e. The molecule has 0 radical (unpaired) electrons. The number of hydrogen-bond donors (Lipinski definition) is 0. The third-order valence-corrected chi connectivity index (χ3v) is 5.68. The van der Waals surface area contributed by atoms with Crippen molar-refractivity contribution in [2.45, 2.75) is 17.2 Å². The van der Waals surface area contributed by atoms with Crippen molar-refractivity contribution in [3.63, 3.8) is 0 Å². The van der Waals surface area contributed by atoms with Crippen LogP contribution in [0.15, 0.2) is 53.4 Å². The average molecular weight is 387 g/mol. The Hall–Kier alpha value is -2.26. The van der Waals surface area contributed by atoms with Crippen LogP contribution in [0.5, 0.6) is 5.75 Å². The SMILES string of the molecule is CN(c1ccccc1)S(=O)(=O)c1ccc(C(F)(F)F)cc1OCC1CO1. The van der Waals surface area contributed by atoms with Gasteiger partial charge in [-0.2, -0.15) is 13.2 Å². The molecule has 0 aliphatic carbocycles. The first-order chi connectivity index (χ1) is 12.2. The van der Waals surface area contributed by atoms with Crippen molar-refractivity contribution in [1.29, 1.82) is 0 Å². The smallest absolute Gasteiger partial charge is 0.416 e. The monoisotopic (exact) mass is 387 g/mol. The molecule has 9 heteroatoms. The standard InChI is InChI=1S/C17H16F3NO4S/c1-21(13-5-3-2-4-6-13)26(22,23)16-8-7-12(17(18,19)20)9-15(16)25-11-14-10-24-14/h2-9,14H,10-11H2,1H3. The largest absolute Gasteiger partial charge is 0.489 e. The molecule has 1 atom stereocenters. The van der Waals surface area contributed by atoms with Crippen LogP contribution in [0.2, 0.25) is 0 Å². The van der Waals surface area contributed by atoms with E-state index >= 15 is 0 Å². The van der Waals surface area contributed by atoms with Crippen LogP contribution in [0.25, 0.3) is 0 Å². The molecule has 2 aromatic carbocycles. The minimum Gasteiger partial charge on any atom is -0.489 e. The third-order valence-electron chi connectivity index (χ3n) is 3.86. The molecule has 0 amide bonds. The molecule has 1 aliphatic rings. The van der Waals surface area contributed by atoms with Gasteiger partial charge in [0.2, 0.25) is 0 Å². The normalized spacial score (nSPS) is 17.0. The predicted octanol–water partition coefficient (Wildman–Crippen LogP) is 3.31. The first-order valence-corrected chi connectivity index (χ1v) is 9.13. The molecule has 5 nitrogen and oxygen atoms in total. The van der Waals surface area contributed by atoms with E-state index in [1.165, 1.54) is 7.05 Å². The van der Waals surface area contributed by atoms with E-state index in [0.29, 0.717) is 18.4 Å². The molecule has 3 rings (SSSR count). The first-order valence-electron chi connectivity index (χ1n) is 7.69. The van der Waals surface area contributed by atoms with Gasteiger partial charge in [-0.25, -0.2) is 8.42 Å². The Morgan fingerprint density at radius 2 is 1.85 bits per heavy atom. The lowest BCUT2D eigenvalue weighted by Gasteiger charge is -2.22. The van der Waals surface area contributed by atoms with E-state index in [1.54, 1.807) is 30.3 Å². The molecule has 1 fully saturated rings. The van der Waals surface area contributed by atoms with E-state index in [9.17, 15) is 21.6 Å². The lowest BCUT2D eigenvalue weighted by molar-refractivity contribution is -0.137. The van der Waals surface area contributed by atoms with Crippen LogP contribution in [0.1, 0.15) is 5.56 Å². The fourth-order valence-corrected chi connectivity index (χ4v) is 3.59. The molecule has 140 valence electrons. The number of epoxide rings is 1. The summed E-state index contributed by atoms with van der Waals surface area (Å²) in [6.07, 6.45) is -4.84. The van der Waals surface area contributed by atoms with Crippen molar-refractivity contribution in [2.75, 3.05) is 24.6 Å². The average Bonchev–Trinajstić information content (AvgIpc) is 3.43. The van der Waals surface area contributed by atoms with Gasteiger partial charge in [-0.15, -0.1) is 0 Å². The zero-order valence-electron chi connectivity index (χ0n) is 13.7. The minimum absolute atomic E-state index is 0.0150. The van der Waals surface area contributed by atoms with Crippen LogP contribution in [-0.2, 0) is 20.9 Å². The Morgan fingerprint density at radius 1 is 1.19 bits per heavy atom. The van der Waals surface area contributed by atoms with Gasteiger partial charge in [0, 0.05) is 7.05 Å². The fraction of sp³-hybridized carbons (Fsp3) is 0.294. The van der Waals surface area contributed by atoms with Gasteiger partial charge in [0.05, 0.1) is 17.9 Å². The summed E-state index contributed by atoms with van der Waals surface area (Å²) >= 11 is 0. The van der Waals surface area contributed by atoms with E-state index in [1.807, 2.05) is 0 Å². The number of anilines is 1. The summed E-state index contributed by atoms with van der Waals surface area (Å²) in [6.45, 7) is 0.420. The van der Waals surface area contributed by atoms with Crippen molar-refractivity contribution in [3.8, 4) is 5.75 Å². The second-order valence-electron chi connectivity index (χ2n) is 5.73. The topological polar surface area (TPSA) is 59.1 Å². The van der Waals surface area contributed by atoms with Crippen molar-refractivity contribution in [1.82, 2.24) is 0 Å². The van der Waals surface area contributed by atoms with Gasteiger partial charge >= 0.3 is 6.18 Å². The van der Waals surface area contributed by atoms with Crippen molar-refractivity contribution >= 4 is 15.7 Å². The highest BCUT2D eigenvalue weighted by molar-refractivity contribution is 7.92. The van der Waals surface area contributed by atoms with Gasteiger partial charge in [0.1, 0.15) is 23.4 Å². The van der Waals surface area contributed by atoms with Gasteiger partial charge in [-0.1, -0.05) is 18.2 Å². The molecule has 1 saturated heterocycles. The number of alkyl halides is 3. The van der Waals surface area contributed by atoms with Gasteiger partial charge in [-0.05, 0) is 30.3 Å².